The van der Waals surface area contributed by atoms with Crippen LogP contribution in [0.1, 0.15) is 10.4 Å². The minimum atomic E-state index is -0.735. The molecule has 0 amide bonds. The quantitative estimate of drug-likeness (QED) is 0.694. The Labute approximate surface area is 120 Å². The Morgan fingerprint density at radius 3 is 2.39 bits per heavy atom. The zero-order chi connectivity index (χ0) is 13.1. The van der Waals surface area contributed by atoms with Gasteiger partial charge in [0.2, 0.25) is 0 Å². The van der Waals surface area contributed by atoms with Crippen LogP contribution in [0.4, 0.5) is 8.78 Å². The van der Waals surface area contributed by atoms with Crippen LogP contribution in [0.15, 0.2) is 28.1 Å². The van der Waals surface area contributed by atoms with E-state index < -0.39 is 11.6 Å². The predicted molar refractivity (Wildman–Crippen MR) is 72.3 cm³/mol. The summed E-state index contributed by atoms with van der Waals surface area (Å²) >= 11 is 10.3. The van der Waals surface area contributed by atoms with Crippen LogP contribution in [0.2, 0.25) is 0 Å². The van der Waals surface area contributed by atoms with Crippen molar-refractivity contribution in [2.45, 2.75) is 12.5 Å². The molecule has 1 aromatic heterocycles. The first-order chi connectivity index (χ1) is 8.60. The Bertz CT molecular complexity index is 536. The maximum absolute atomic E-state index is 13.6. The van der Waals surface area contributed by atoms with Gasteiger partial charge in [-0.1, -0.05) is 0 Å². The summed E-state index contributed by atoms with van der Waals surface area (Å²) in [5.74, 6) is -1.78. The fourth-order valence-electron chi connectivity index (χ4n) is 1.40. The highest BCUT2D eigenvalue weighted by molar-refractivity contribution is 9.11. The predicted octanol–water partition coefficient (Wildman–Crippen LogP) is 5.11. The summed E-state index contributed by atoms with van der Waals surface area (Å²) in [7, 11) is 0. The minimum Gasteiger partial charge on any atom is -0.482 e. The summed E-state index contributed by atoms with van der Waals surface area (Å²) in [6.07, 6.45) is 0. The number of halogens is 4. The van der Waals surface area contributed by atoms with Crippen LogP contribution in [0.25, 0.3) is 0 Å². The summed E-state index contributed by atoms with van der Waals surface area (Å²) in [4.78, 5) is 0.877. The summed E-state index contributed by atoms with van der Waals surface area (Å²) < 4.78 is 33.3. The third kappa shape index (κ3) is 3.22. The monoisotopic (exact) mass is 352 g/mol. The molecular weight excluding hydrogens is 346 g/mol. The van der Waals surface area contributed by atoms with Gasteiger partial charge in [-0.25, -0.2) is 8.78 Å². The maximum Gasteiger partial charge on any atom is 0.191 e. The molecule has 1 nitrogen and oxygen atoms in total. The summed E-state index contributed by atoms with van der Waals surface area (Å²) in [6, 6.07) is 6.04. The topological polar surface area (TPSA) is 9.23 Å². The van der Waals surface area contributed by atoms with Crippen molar-refractivity contribution in [3.8, 4) is 5.75 Å². The van der Waals surface area contributed by atoms with Crippen molar-refractivity contribution in [2.75, 3.05) is 0 Å². The zero-order valence-corrected chi connectivity index (χ0v) is 12.2. The zero-order valence-electron chi connectivity index (χ0n) is 9.05. The van der Waals surface area contributed by atoms with Crippen LogP contribution in [0.5, 0.6) is 5.75 Å². The number of alkyl halides is 1. The lowest BCUT2D eigenvalue weighted by Crippen LogP contribution is -1.99. The lowest BCUT2D eigenvalue weighted by Gasteiger charge is -2.08. The number of rotatable bonds is 4. The molecule has 6 heteroatoms. The number of ether oxygens (including phenoxy) is 1. The van der Waals surface area contributed by atoms with Crippen LogP contribution in [-0.2, 0) is 12.5 Å². The molecule has 0 unspecified atom stereocenters. The standard InChI is InChI=1S/C12H8BrClF2OS/c13-11-2-1-8(18-11)6-17-12-9(15)3-7(5-14)4-10(12)16/h1-4H,5-6H2. The van der Waals surface area contributed by atoms with Gasteiger partial charge in [0.05, 0.1) is 3.79 Å². The fraction of sp³-hybridized carbons (Fsp3) is 0.167. The van der Waals surface area contributed by atoms with Gasteiger partial charge in [0.25, 0.3) is 0 Å². The van der Waals surface area contributed by atoms with Gasteiger partial charge in [-0.3, -0.25) is 0 Å². The molecule has 0 saturated heterocycles. The lowest BCUT2D eigenvalue weighted by molar-refractivity contribution is 0.277. The Hall–Kier alpha value is -0.650. The normalized spacial score (nSPS) is 10.7. The average molecular weight is 354 g/mol. The van der Waals surface area contributed by atoms with E-state index in [1.54, 1.807) is 0 Å². The first kappa shape index (κ1) is 13.8. The summed E-state index contributed by atoms with van der Waals surface area (Å²) in [5.41, 5.74) is 0.387. The van der Waals surface area contributed by atoms with Gasteiger partial charge in [0.1, 0.15) is 6.61 Å². The van der Waals surface area contributed by atoms with E-state index in [4.69, 9.17) is 16.3 Å². The molecule has 0 spiro atoms. The SMILES string of the molecule is Fc1cc(CCl)cc(F)c1OCc1ccc(Br)s1. The van der Waals surface area contributed by atoms with Crippen molar-refractivity contribution in [1.82, 2.24) is 0 Å². The third-order valence-corrected chi connectivity index (χ3v) is 4.11. The van der Waals surface area contributed by atoms with Gasteiger partial charge in [-0.05, 0) is 45.8 Å². The largest absolute Gasteiger partial charge is 0.482 e. The highest BCUT2D eigenvalue weighted by Crippen LogP contribution is 2.27. The minimum absolute atomic E-state index is 0.0615. The molecule has 18 heavy (non-hydrogen) atoms. The second-order valence-corrected chi connectivity index (χ2v) is 6.33. The van der Waals surface area contributed by atoms with Crippen molar-refractivity contribution in [3.05, 3.63) is 50.1 Å². The van der Waals surface area contributed by atoms with Crippen LogP contribution in [-0.4, -0.2) is 0 Å². The van der Waals surface area contributed by atoms with Crippen LogP contribution < -0.4 is 4.74 Å². The second-order valence-electron chi connectivity index (χ2n) is 3.52. The van der Waals surface area contributed by atoms with E-state index in [9.17, 15) is 8.78 Å². The smallest absolute Gasteiger partial charge is 0.191 e. The fourth-order valence-corrected chi connectivity index (χ4v) is 2.95. The molecule has 96 valence electrons. The highest BCUT2D eigenvalue weighted by Gasteiger charge is 2.13. The molecule has 1 aromatic carbocycles. The molecule has 0 N–H and O–H groups in total. The maximum atomic E-state index is 13.6. The Morgan fingerprint density at radius 1 is 1.22 bits per heavy atom. The van der Waals surface area contributed by atoms with Gasteiger partial charge < -0.3 is 4.74 Å². The number of benzene rings is 1. The molecule has 0 aliphatic carbocycles. The summed E-state index contributed by atoms with van der Waals surface area (Å²) in [5, 5.41) is 0. The van der Waals surface area contributed by atoms with Gasteiger partial charge in [0, 0.05) is 10.8 Å². The molecule has 2 aromatic rings. The summed E-state index contributed by atoms with van der Waals surface area (Å²) in [6.45, 7) is 0.129. The van der Waals surface area contributed by atoms with Gasteiger partial charge >= 0.3 is 0 Å². The van der Waals surface area contributed by atoms with Crippen molar-refractivity contribution < 1.29 is 13.5 Å². The van der Waals surface area contributed by atoms with E-state index in [0.717, 1.165) is 8.66 Å². The van der Waals surface area contributed by atoms with Crippen LogP contribution in [0.3, 0.4) is 0 Å². The van der Waals surface area contributed by atoms with Crippen LogP contribution in [0, 0.1) is 11.6 Å². The highest BCUT2D eigenvalue weighted by atomic mass is 79.9. The van der Waals surface area contributed by atoms with Crippen molar-refractivity contribution in [3.63, 3.8) is 0 Å². The first-order valence-corrected chi connectivity index (χ1v) is 7.15. The van der Waals surface area contributed by atoms with E-state index in [2.05, 4.69) is 15.9 Å². The number of hydrogen-bond donors (Lipinski definition) is 0. The Kier molecular flexibility index (Phi) is 4.59. The van der Waals surface area contributed by atoms with E-state index in [1.165, 1.54) is 23.5 Å². The molecule has 2 rings (SSSR count). The average Bonchev–Trinajstić information content (AvgIpc) is 2.73. The first-order valence-electron chi connectivity index (χ1n) is 5.01. The second kappa shape index (κ2) is 5.99. The van der Waals surface area contributed by atoms with E-state index >= 15 is 0 Å². The van der Waals surface area contributed by atoms with E-state index in [-0.39, 0.29) is 18.2 Å². The molecule has 1 heterocycles. The number of thiophene rings is 1. The molecule has 0 radical (unpaired) electrons. The molecule has 0 aliphatic heterocycles. The van der Waals surface area contributed by atoms with Gasteiger partial charge in [0.15, 0.2) is 17.4 Å². The molecule has 0 aliphatic rings. The van der Waals surface area contributed by atoms with Crippen LogP contribution >= 0.6 is 38.9 Å². The number of hydrogen-bond acceptors (Lipinski definition) is 2. The van der Waals surface area contributed by atoms with Gasteiger partial charge in [-0.2, -0.15) is 0 Å². The lowest BCUT2D eigenvalue weighted by atomic mass is 10.2. The van der Waals surface area contributed by atoms with E-state index in [1.807, 2.05) is 12.1 Å². The van der Waals surface area contributed by atoms with Gasteiger partial charge in [-0.15, -0.1) is 22.9 Å². The molecule has 0 fully saturated rings. The van der Waals surface area contributed by atoms with Crippen molar-refractivity contribution in [1.29, 1.82) is 0 Å². The Balaban J connectivity index is 2.14. The molecule has 0 saturated carbocycles. The molecule has 0 atom stereocenters. The van der Waals surface area contributed by atoms with Crippen molar-refractivity contribution >= 4 is 38.9 Å². The van der Waals surface area contributed by atoms with E-state index in [0.29, 0.717) is 5.56 Å². The molecular formula is C12H8BrClF2OS. The van der Waals surface area contributed by atoms with Crippen molar-refractivity contribution in [2.24, 2.45) is 0 Å². The molecule has 0 bridgehead atoms. The third-order valence-electron chi connectivity index (χ3n) is 2.20. The Morgan fingerprint density at radius 2 is 1.89 bits per heavy atom.